The molecule has 0 aliphatic carbocycles. The molecule has 6 heteroatoms. The molecule has 5 nitrogen and oxygen atoms in total. The fourth-order valence-electron chi connectivity index (χ4n) is 1.19. The van der Waals surface area contributed by atoms with Crippen LogP contribution in [0.25, 0.3) is 0 Å². The first-order valence-corrected chi connectivity index (χ1v) is 6.05. The number of amides is 3. The fourth-order valence-corrected chi connectivity index (χ4v) is 1.89. The van der Waals surface area contributed by atoms with Crippen LogP contribution in [0.2, 0.25) is 0 Å². The van der Waals surface area contributed by atoms with Gasteiger partial charge in [-0.3, -0.25) is 10.1 Å². The lowest BCUT2D eigenvalue weighted by atomic mass is 10.1. The quantitative estimate of drug-likeness (QED) is 0.697. The van der Waals surface area contributed by atoms with Gasteiger partial charge in [0.2, 0.25) is 5.91 Å². The molecule has 17 heavy (non-hydrogen) atoms. The highest BCUT2D eigenvalue weighted by Gasteiger charge is 2.05. The largest absolute Gasteiger partial charge is 0.351 e. The number of thioether (sulfide) groups is 1. The van der Waals surface area contributed by atoms with E-state index in [0.29, 0.717) is 0 Å². The highest BCUT2D eigenvalue weighted by molar-refractivity contribution is 8.00. The van der Waals surface area contributed by atoms with Gasteiger partial charge < -0.3 is 11.5 Å². The zero-order valence-electron chi connectivity index (χ0n) is 9.47. The number of nitrogens with one attached hydrogen (secondary N) is 1. The number of benzene rings is 1. The molecule has 0 fully saturated rings. The summed E-state index contributed by atoms with van der Waals surface area (Å²) >= 11 is 1.33. The van der Waals surface area contributed by atoms with E-state index in [-0.39, 0.29) is 11.8 Å². The van der Waals surface area contributed by atoms with Crippen LogP contribution in [0.3, 0.4) is 0 Å². The van der Waals surface area contributed by atoms with E-state index in [2.05, 4.69) is 0 Å². The van der Waals surface area contributed by atoms with Gasteiger partial charge in [0.05, 0.1) is 5.75 Å². The summed E-state index contributed by atoms with van der Waals surface area (Å²) in [6, 6.07) is 6.77. The molecule has 0 saturated heterocycles. The Balaban J connectivity index is 2.47. The molecule has 1 unspecified atom stereocenters. The average molecular weight is 253 g/mol. The normalized spacial score (nSPS) is 11.9. The van der Waals surface area contributed by atoms with Crippen molar-refractivity contribution < 1.29 is 9.59 Å². The Kier molecular flexibility index (Phi) is 4.99. The standard InChI is InChI=1S/C11H15N3O2S/c1-7(12)8-2-4-9(5-3-8)17-6-10(15)14-11(13)16/h2-5,7H,6,12H2,1H3,(H3,13,14,15,16). The third-order valence-corrected chi connectivity index (χ3v) is 3.05. The van der Waals surface area contributed by atoms with E-state index < -0.39 is 11.9 Å². The topological polar surface area (TPSA) is 98.2 Å². The van der Waals surface area contributed by atoms with Crippen molar-refractivity contribution in [1.82, 2.24) is 5.32 Å². The molecular weight excluding hydrogens is 238 g/mol. The van der Waals surface area contributed by atoms with E-state index in [0.717, 1.165) is 10.5 Å². The van der Waals surface area contributed by atoms with Crippen LogP contribution in [0.15, 0.2) is 29.2 Å². The van der Waals surface area contributed by atoms with Crippen molar-refractivity contribution in [3.05, 3.63) is 29.8 Å². The minimum Gasteiger partial charge on any atom is -0.351 e. The Morgan fingerprint density at radius 2 is 1.94 bits per heavy atom. The first-order chi connectivity index (χ1) is 7.99. The molecule has 0 saturated carbocycles. The summed E-state index contributed by atoms with van der Waals surface area (Å²) in [4.78, 5) is 22.5. The maximum atomic E-state index is 11.1. The van der Waals surface area contributed by atoms with Crippen LogP contribution in [-0.4, -0.2) is 17.7 Å². The fraction of sp³-hybridized carbons (Fsp3) is 0.273. The number of nitrogens with two attached hydrogens (primary N) is 2. The first kappa shape index (κ1) is 13.5. The first-order valence-electron chi connectivity index (χ1n) is 5.06. The van der Waals surface area contributed by atoms with E-state index >= 15 is 0 Å². The molecule has 0 bridgehead atoms. The van der Waals surface area contributed by atoms with E-state index in [1.807, 2.05) is 36.5 Å². The van der Waals surface area contributed by atoms with Crippen molar-refractivity contribution in [2.45, 2.75) is 17.9 Å². The smallest absolute Gasteiger partial charge is 0.318 e. The second-order valence-corrected chi connectivity index (χ2v) is 4.61. The number of hydrogen-bond donors (Lipinski definition) is 3. The summed E-state index contributed by atoms with van der Waals surface area (Å²) in [5.74, 6) is -0.251. The molecule has 0 aromatic heterocycles. The van der Waals surface area contributed by atoms with Crippen molar-refractivity contribution >= 4 is 23.7 Å². The molecule has 1 rings (SSSR count). The number of imide groups is 1. The second kappa shape index (κ2) is 6.27. The Bertz CT molecular complexity index is 404. The summed E-state index contributed by atoms with van der Waals surface area (Å²) < 4.78 is 0. The van der Waals surface area contributed by atoms with Gasteiger partial charge in [-0.1, -0.05) is 12.1 Å². The Hall–Kier alpha value is -1.53. The van der Waals surface area contributed by atoms with E-state index in [9.17, 15) is 9.59 Å². The van der Waals surface area contributed by atoms with Gasteiger partial charge in [-0.05, 0) is 24.6 Å². The third-order valence-electron chi connectivity index (χ3n) is 2.04. The lowest BCUT2D eigenvalue weighted by molar-refractivity contribution is -0.117. The summed E-state index contributed by atoms with van der Waals surface area (Å²) in [5.41, 5.74) is 11.6. The van der Waals surface area contributed by atoms with Gasteiger partial charge in [0.15, 0.2) is 0 Å². The zero-order valence-corrected chi connectivity index (χ0v) is 10.3. The van der Waals surface area contributed by atoms with Gasteiger partial charge in [-0.2, -0.15) is 0 Å². The molecule has 0 spiro atoms. The molecule has 92 valence electrons. The molecule has 0 aliphatic heterocycles. The molecule has 0 heterocycles. The summed E-state index contributed by atoms with van der Waals surface area (Å²) in [6.07, 6.45) is 0. The second-order valence-electron chi connectivity index (χ2n) is 3.56. The van der Waals surface area contributed by atoms with E-state index in [1.54, 1.807) is 0 Å². The van der Waals surface area contributed by atoms with Gasteiger partial charge >= 0.3 is 6.03 Å². The molecular formula is C11H15N3O2S. The average Bonchev–Trinajstić information content (AvgIpc) is 2.26. The highest BCUT2D eigenvalue weighted by Crippen LogP contribution is 2.19. The molecule has 0 aliphatic rings. The molecule has 1 aromatic carbocycles. The predicted octanol–water partition coefficient (Wildman–Crippen LogP) is 0.993. The molecule has 3 amide bonds. The number of primary amides is 1. The zero-order chi connectivity index (χ0) is 12.8. The van der Waals surface area contributed by atoms with Crippen molar-refractivity contribution in [3.63, 3.8) is 0 Å². The highest BCUT2D eigenvalue weighted by atomic mass is 32.2. The van der Waals surface area contributed by atoms with Crippen molar-refractivity contribution in [2.75, 3.05) is 5.75 Å². The van der Waals surface area contributed by atoms with E-state index in [4.69, 9.17) is 11.5 Å². The van der Waals surface area contributed by atoms with Crippen molar-refractivity contribution in [1.29, 1.82) is 0 Å². The van der Waals surface area contributed by atoms with Crippen LogP contribution >= 0.6 is 11.8 Å². The monoisotopic (exact) mass is 253 g/mol. The van der Waals surface area contributed by atoms with Crippen LogP contribution in [-0.2, 0) is 4.79 Å². The van der Waals surface area contributed by atoms with Gasteiger partial charge in [0.25, 0.3) is 0 Å². The van der Waals surface area contributed by atoms with Crippen molar-refractivity contribution in [3.8, 4) is 0 Å². The molecule has 1 aromatic rings. The minimum atomic E-state index is -0.831. The van der Waals surface area contributed by atoms with Crippen molar-refractivity contribution in [2.24, 2.45) is 11.5 Å². The lowest BCUT2D eigenvalue weighted by Gasteiger charge is -2.06. The number of rotatable bonds is 4. The Labute approximate surface area is 104 Å². The molecule has 0 radical (unpaired) electrons. The van der Waals surface area contributed by atoms with Crippen LogP contribution < -0.4 is 16.8 Å². The van der Waals surface area contributed by atoms with Gasteiger partial charge in [-0.15, -0.1) is 11.8 Å². The molecule has 5 N–H and O–H groups in total. The van der Waals surface area contributed by atoms with E-state index in [1.165, 1.54) is 11.8 Å². The van der Waals surface area contributed by atoms with Crippen LogP contribution in [0.4, 0.5) is 4.79 Å². The van der Waals surface area contributed by atoms with Gasteiger partial charge in [-0.25, -0.2) is 4.79 Å². The number of carbonyl (C=O) groups is 2. The minimum absolute atomic E-state index is 0.00721. The van der Waals surface area contributed by atoms with Gasteiger partial charge in [0, 0.05) is 10.9 Å². The Morgan fingerprint density at radius 1 is 1.35 bits per heavy atom. The predicted molar refractivity (Wildman–Crippen MR) is 67.5 cm³/mol. The van der Waals surface area contributed by atoms with Crippen LogP contribution in [0.1, 0.15) is 18.5 Å². The summed E-state index contributed by atoms with van der Waals surface area (Å²) in [7, 11) is 0. The summed E-state index contributed by atoms with van der Waals surface area (Å²) in [5, 5.41) is 2.00. The number of hydrogen-bond acceptors (Lipinski definition) is 4. The molecule has 1 atom stereocenters. The number of urea groups is 1. The summed E-state index contributed by atoms with van der Waals surface area (Å²) in [6.45, 7) is 1.91. The van der Waals surface area contributed by atoms with Crippen LogP contribution in [0, 0.1) is 0 Å². The Morgan fingerprint density at radius 3 is 2.41 bits per heavy atom. The van der Waals surface area contributed by atoms with Crippen LogP contribution in [0.5, 0.6) is 0 Å². The maximum absolute atomic E-state index is 11.1. The lowest BCUT2D eigenvalue weighted by Crippen LogP contribution is -2.36. The van der Waals surface area contributed by atoms with Gasteiger partial charge in [0.1, 0.15) is 0 Å². The third kappa shape index (κ3) is 4.88. The maximum Gasteiger partial charge on any atom is 0.318 e. The number of carbonyl (C=O) groups excluding carboxylic acids is 2. The SMILES string of the molecule is CC(N)c1ccc(SCC(=O)NC(N)=O)cc1.